The third kappa shape index (κ3) is 2.81. The number of thiophene rings is 1. The Bertz CT molecular complexity index is 658. The molecule has 3 atom stereocenters. The van der Waals surface area contributed by atoms with E-state index >= 15 is 0 Å². The predicted molar refractivity (Wildman–Crippen MR) is 95.3 cm³/mol. The second-order valence-electron chi connectivity index (χ2n) is 6.91. The Morgan fingerprint density at radius 3 is 2.88 bits per heavy atom. The van der Waals surface area contributed by atoms with Crippen LogP contribution in [0.5, 0.6) is 0 Å². The van der Waals surface area contributed by atoms with Gasteiger partial charge in [-0.05, 0) is 61.7 Å². The third-order valence-corrected chi connectivity index (χ3v) is 6.24. The molecule has 2 fully saturated rings. The van der Waals surface area contributed by atoms with Crippen LogP contribution < -0.4 is 0 Å². The highest BCUT2D eigenvalue weighted by atomic mass is 32.1. The Morgan fingerprint density at radius 1 is 1.40 bits per heavy atom. The number of likely N-dealkylation sites (tertiary alicyclic amines) is 1. The van der Waals surface area contributed by atoms with Crippen molar-refractivity contribution in [3.05, 3.63) is 40.4 Å². The SMILES string of the molecule is CCOC(=O)C1CC1C(c1ccsc1)(c1ccon1)N1CCCCC1. The molecule has 0 bridgehead atoms. The summed E-state index contributed by atoms with van der Waals surface area (Å²) in [5.41, 5.74) is 1.76. The van der Waals surface area contributed by atoms with E-state index < -0.39 is 0 Å². The molecule has 2 aliphatic rings. The van der Waals surface area contributed by atoms with Crippen molar-refractivity contribution < 1.29 is 14.1 Å². The molecule has 25 heavy (non-hydrogen) atoms. The molecule has 3 unspecified atom stereocenters. The number of hydrogen-bond acceptors (Lipinski definition) is 6. The van der Waals surface area contributed by atoms with Crippen molar-refractivity contribution in [3.8, 4) is 0 Å². The number of piperidine rings is 1. The Kier molecular flexibility index (Phi) is 4.65. The molecule has 3 heterocycles. The summed E-state index contributed by atoms with van der Waals surface area (Å²) in [5.74, 6) is 0.0513. The molecule has 0 amide bonds. The Labute approximate surface area is 151 Å². The van der Waals surface area contributed by atoms with Gasteiger partial charge in [0.05, 0.1) is 18.1 Å². The van der Waals surface area contributed by atoms with Gasteiger partial charge in [-0.2, -0.15) is 11.3 Å². The molecule has 1 aliphatic heterocycles. The zero-order valence-corrected chi connectivity index (χ0v) is 15.3. The fraction of sp³-hybridized carbons (Fsp3) is 0.579. The summed E-state index contributed by atoms with van der Waals surface area (Å²) in [6.45, 7) is 4.34. The van der Waals surface area contributed by atoms with Crippen LogP contribution in [0.2, 0.25) is 0 Å². The zero-order chi connectivity index (χ0) is 17.3. The maximum atomic E-state index is 12.4. The van der Waals surface area contributed by atoms with E-state index in [2.05, 4.69) is 26.9 Å². The maximum absolute atomic E-state index is 12.4. The van der Waals surface area contributed by atoms with Crippen LogP contribution >= 0.6 is 11.3 Å². The van der Waals surface area contributed by atoms with Crippen molar-refractivity contribution in [1.29, 1.82) is 0 Å². The number of carbonyl (C=O) groups is 1. The molecular weight excluding hydrogens is 336 g/mol. The average Bonchev–Trinajstić information content (AvgIpc) is 3.04. The lowest BCUT2D eigenvalue weighted by Crippen LogP contribution is -2.51. The molecule has 1 saturated heterocycles. The highest BCUT2D eigenvalue weighted by molar-refractivity contribution is 7.08. The van der Waals surface area contributed by atoms with Crippen LogP contribution in [0.1, 0.15) is 43.9 Å². The molecule has 0 spiro atoms. The fourth-order valence-electron chi connectivity index (χ4n) is 4.43. The quantitative estimate of drug-likeness (QED) is 0.736. The van der Waals surface area contributed by atoms with Crippen LogP contribution in [0.15, 0.2) is 33.7 Å². The van der Waals surface area contributed by atoms with Crippen molar-refractivity contribution in [2.45, 2.75) is 38.1 Å². The lowest BCUT2D eigenvalue weighted by atomic mass is 9.79. The van der Waals surface area contributed by atoms with Crippen LogP contribution in [0.3, 0.4) is 0 Å². The highest BCUT2D eigenvalue weighted by Crippen LogP contribution is 2.58. The summed E-state index contributed by atoms with van der Waals surface area (Å²) in [5, 5.41) is 8.66. The lowest BCUT2D eigenvalue weighted by molar-refractivity contribution is -0.145. The number of nitrogens with zero attached hydrogens (tertiary/aromatic N) is 2. The largest absolute Gasteiger partial charge is 0.466 e. The van der Waals surface area contributed by atoms with Crippen LogP contribution in [-0.4, -0.2) is 35.7 Å². The normalized spacial score (nSPS) is 26.1. The van der Waals surface area contributed by atoms with E-state index in [-0.39, 0.29) is 23.3 Å². The summed E-state index contributed by atoms with van der Waals surface area (Å²) in [4.78, 5) is 14.9. The Hall–Kier alpha value is -1.66. The Morgan fingerprint density at radius 2 is 2.24 bits per heavy atom. The standard InChI is InChI=1S/C19H24N2O3S/c1-2-23-18(22)15-12-16(15)19(14-7-11-25-13-14,17-6-10-24-20-17)21-8-4-3-5-9-21/h6-7,10-11,13,15-16H,2-5,8-9,12H2,1H3. The number of hydrogen-bond donors (Lipinski definition) is 0. The second kappa shape index (κ2) is 6.92. The number of esters is 1. The first kappa shape index (κ1) is 16.8. The first-order valence-corrected chi connectivity index (χ1v) is 10.1. The van der Waals surface area contributed by atoms with Crippen molar-refractivity contribution in [1.82, 2.24) is 10.1 Å². The summed E-state index contributed by atoms with van der Waals surface area (Å²) < 4.78 is 10.6. The van der Waals surface area contributed by atoms with E-state index in [0.717, 1.165) is 25.2 Å². The minimum atomic E-state index is -0.384. The maximum Gasteiger partial charge on any atom is 0.309 e. The number of rotatable bonds is 6. The van der Waals surface area contributed by atoms with Gasteiger partial charge in [-0.3, -0.25) is 9.69 Å². The van der Waals surface area contributed by atoms with Gasteiger partial charge in [0, 0.05) is 12.0 Å². The molecular formula is C19H24N2O3S. The van der Waals surface area contributed by atoms with Crippen molar-refractivity contribution in [3.63, 3.8) is 0 Å². The van der Waals surface area contributed by atoms with Crippen LogP contribution in [0.25, 0.3) is 0 Å². The van der Waals surface area contributed by atoms with Crippen molar-refractivity contribution in [2.24, 2.45) is 11.8 Å². The third-order valence-electron chi connectivity index (χ3n) is 5.56. The first-order valence-electron chi connectivity index (χ1n) is 9.13. The van der Waals surface area contributed by atoms with Crippen molar-refractivity contribution in [2.75, 3.05) is 19.7 Å². The van der Waals surface area contributed by atoms with Crippen LogP contribution in [-0.2, 0) is 15.1 Å². The predicted octanol–water partition coefficient (Wildman–Crippen LogP) is 3.66. The zero-order valence-electron chi connectivity index (χ0n) is 14.5. The molecule has 0 aromatic carbocycles. The molecule has 5 nitrogen and oxygen atoms in total. The van der Waals surface area contributed by atoms with Crippen LogP contribution in [0, 0.1) is 11.8 Å². The highest BCUT2D eigenvalue weighted by Gasteiger charge is 2.61. The molecule has 1 saturated carbocycles. The summed E-state index contributed by atoms with van der Waals surface area (Å²) in [6, 6.07) is 4.14. The monoisotopic (exact) mass is 360 g/mol. The van der Waals surface area contributed by atoms with Gasteiger partial charge in [0.2, 0.25) is 0 Å². The summed E-state index contributed by atoms with van der Waals surface area (Å²) in [7, 11) is 0. The molecule has 2 aromatic rings. The Balaban J connectivity index is 1.78. The van der Waals surface area contributed by atoms with E-state index in [0.29, 0.717) is 6.61 Å². The average molecular weight is 360 g/mol. The fourth-order valence-corrected chi connectivity index (χ4v) is 5.14. The molecule has 2 aromatic heterocycles. The van der Waals surface area contributed by atoms with E-state index in [4.69, 9.17) is 9.26 Å². The number of ether oxygens (including phenoxy) is 1. The van der Waals surface area contributed by atoms with Gasteiger partial charge in [-0.1, -0.05) is 11.6 Å². The van der Waals surface area contributed by atoms with E-state index in [1.165, 1.54) is 24.8 Å². The summed E-state index contributed by atoms with van der Waals surface area (Å²) >= 11 is 1.69. The molecule has 6 heteroatoms. The number of aromatic nitrogens is 1. The van der Waals surface area contributed by atoms with Gasteiger partial charge < -0.3 is 9.26 Å². The molecule has 0 N–H and O–H groups in total. The van der Waals surface area contributed by atoms with Gasteiger partial charge in [-0.25, -0.2) is 0 Å². The van der Waals surface area contributed by atoms with Gasteiger partial charge in [-0.15, -0.1) is 0 Å². The van der Waals surface area contributed by atoms with Gasteiger partial charge in [0.1, 0.15) is 12.0 Å². The minimum absolute atomic E-state index is 0.0570. The molecule has 4 rings (SSSR count). The van der Waals surface area contributed by atoms with Crippen molar-refractivity contribution >= 4 is 17.3 Å². The van der Waals surface area contributed by atoms with E-state index in [9.17, 15) is 4.79 Å². The van der Waals surface area contributed by atoms with E-state index in [1.54, 1.807) is 17.6 Å². The smallest absolute Gasteiger partial charge is 0.309 e. The lowest BCUT2D eigenvalue weighted by Gasteiger charge is -2.45. The van der Waals surface area contributed by atoms with Gasteiger partial charge in [0.15, 0.2) is 0 Å². The first-order chi connectivity index (χ1) is 12.3. The second-order valence-corrected chi connectivity index (χ2v) is 7.69. The van der Waals surface area contributed by atoms with Crippen LogP contribution in [0.4, 0.5) is 0 Å². The van der Waals surface area contributed by atoms with Gasteiger partial charge in [0.25, 0.3) is 0 Å². The topological polar surface area (TPSA) is 55.6 Å². The number of carbonyl (C=O) groups excluding carboxylic acids is 1. The molecule has 134 valence electrons. The van der Waals surface area contributed by atoms with Gasteiger partial charge >= 0.3 is 5.97 Å². The molecule has 0 radical (unpaired) electrons. The minimum Gasteiger partial charge on any atom is -0.466 e. The van der Waals surface area contributed by atoms with E-state index in [1.807, 2.05) is 13.0 Å². The summed E-state index contributed by atoms with van der Waals surface area (Å²) in [6.07, 6.45) is 6.11. The molecule has 1 aliphatic carbocycles.